The number of hydrogen-bond acceptors (Lipinski definition) is 6. The first kappa shape index (κ1) is 25.5. The highest BCUT2D eigenvalue weighted by atomic mass is 31.2. The number of carbonyl (C=O) groups excluding carboxylic acids is 1. The third-order valence-corrected chi connectivity index (χ3v) is 5.33. The molecular formula is C20H32NO7P. The molecule has 164 valence electrons. The second-order valence-corrected chi connectivity index (χ2v) is 8.36. The van der Waals surface area contributed by atoms with E-state index >= 15 is 0 Å². The third-order valence-electron chi connectivity index (χ3n) is 4.79. The van der Waals surface area contributed by atoms with Gasteiger partial charge in [-0.3, -0.25) is 4.52 Å². The fraction of sp³-hybridized carbons (Fsp3) is 0.550. The Hall–Kier alpha value is -1.54. The summed E-state index contributed by atoms with van der Waals surface area (Å²) in [6.07, 6.45) is 11.6. The first-order valence-corrected chi connectivity index (χ1v) is 11.1. The Balaban J connectivity index is 2.77. The van der Waals surface area contributed by atoms with Crippen molar-refractivity contribution < 1.29 is 33.5 Å². The monoisotopic (exact) mass is 429 g/mol. The highest BCUT2D eigenvalue weighted by Crippen LogP contribution is 2.41. The number of carbonyl (C=O) groups is 1. The number of phosphoric acid groups is 1. The van der Waals surface area contributed by atoms with Crippen LogP contribution in [0.5, 0.6) is 0 Å². The second-order valence-electron chi connectivity index (χ2n) is 7.17. The molecule has 0 unspecified atom stereocenters. The van der Waals surface area contributed by atoms with Gasteiger partial charge in [0.25, 0.3) is 0 Å². The lowest BCUT2D eigenvalue weighted by Crippen LogP contribution is -2.44. The maximum Gasteiger partial charge on any atom is 0.469 e. The smallest absolute Gasteiger partial charge is 0.457 e. The van der Waals surface area contributed by atoms with Crippen LogP contribution in [-0.2, 0) is 18.6 Å². The van der Waals surface area contributed by atoms with Crippen LogP contribution in [0.25, 0.3) is 0 Å². The molecule has 0 aromatic rings. The van der Waals surface area contributed by atoms with Gasteiger partial charge in [0.15, 0.2) is 0 Å². The minimum atomic E-state index is -4.75. The summed E-state index contributed by atoms with van der Waals surface area (Å²) in [4.78, 5) is 30.0. The van der Waals surface area contributed by atoms with Crippen LogP contribution in [0, 0.1) is 11.8 Å². The highest BCUT2D eigenvalue weighted by molar-refractivity contribution is 7.46. The lowest BCUT2D eigenvalue weighted by molar-refractivity contribution is -0.147. The van der Waals surface area contributed by atoms with E-state index in [1.54, 1.807) is 31.2 Å². The number of hydrogen-bond donors (Lipinski definition) is 4. The van der Waals surface area contributed by atoms with Gasteiger partial charge < -0.3 is 25.4 Å². The molecule has 6 atom stereocenters. The van der Waals surface area contributed by atoms with Gasteiger partial charge in [0, 0.05) is 12.0 Å². The van der Waals surface area contributed by atoms with Gasteiger partial charge in [-0.2, -0.15) is 0 Å². The Morgan fingerprint density at radius 3 is 2.52 bits per heavy atom. The van der Waals surface area contributed by atoms with Crippen molar-refractivity contribution in [3.63, 3.8) is 0 Å². The van der Waals surface area contributed by atoms with E-state index in [2.05, 4.69) is 0 Å². The van der Waals surface area contributed by atoms with E-state index in [9.17, 15) is 24.3 Å². The largest absolute Gasteiger partial charge is 0.469 e. The summed E-state index contributed by atoms with van der Waals surface area (Å²) in [6, 6.07) is -0.446. The summed E-state index contributed by atoms with van der Waals surface area (Å²) < 4.78 is 21.6. The van der Waals surface area contributed by atoms with E-state index in [0.29, 0.717) is 6.42 Å². The van der Waals surface area contributed by atoms with Crippen LogP contribution in [-0.4, -0.2) is 45.2 Å². The zero-order chi connectivity index (χ0) is 22.0. The summed E-state index contributed by atoms with van der Waals surface area (Å²) in [7, 11) is -4.75. The maximum absolute atomic E-state index is 11.5. The Kier molecular flexibility index (Phi) is 10.7. The molecule has 0 bridgehead atoms. The highest BCUT2D eigenvalue weighted by Gasteiger charge is 2.33. The molecule has 0 saturated carbocycles. The van der Waals surface area contributed by atoms with E-state index in [0.717, 1.165) is 0 Å². The zero-order valence-electron chi connectivity index (χ0n) is 17.0. The van der Waals surface area contributed by atoms with E-state index in [4.69, 9.17) is 15.0 Å². The number of ether oxygens (including phenoxy) is 1. The standard InChI is InChI=1S/C20H32NO7P/c1-4-5-6-7-8-9-17(22)15(3)18(28-29(24,25)26)12-10-14(2)20-16(21)11-13-19(23)27-20/h4-9,11,13-18,20,22H,10,12,21H2,1-3H3,(H2,24,25,26)/b5-4+,7-6-,9-8-/t14-,15-,16-,17-,18-,20-/m0/s1. The lowest BCUT2D eigenvalue weighted by Gasteiger charge is -2.32. The van der Waals surface area contributed by atoms with Gasteiger partial charge in [-0.15, -0.1) is 0 Å². The van der Waals surface area contributed by atoms with Gasteiger partial charge in [0.05, 0.1) is 18.2 Å². The number of phosphoric ester groups is 1. The molecule has 1 aliphatic heterocycles. The summed E-state index contributed by atoms with van der Waals surface area (Å²) in [5.74, 6) is -1.21. The molecule has 0 aromatic carbocycles. The summed E-state index contributed by atoms with van der Waals surface area (Å²) in [6.45, 7) is 5.39. The molecule has 5 N–H and O–H groups in total. The minimum Gasteiger partial charge on any atom is -0.457 e. The predicted octanol–water partition coefficient (Wildman–Crippen LogP) is 2.38. The van der Waals surface area contributed by atoms with Gasteiger partial charge in [0.1, 0.15) is 6.10 Å². The van der Waals surface area contributed by atoms with Gasteiger partial charge in [-0.05, 0) is 25.7 Å². The van der Waals surface area contributed by atoms with Crippen molar-refractivity contribution in [3.8, 4) is 0 Å². The number of aliphatic hydroxyl groups is 1. The number of esters is 1. The normalized spacial score (nSPS) is 24.9. The van der Waals surface area contributed by atoms with Crippen LogP contribution >= 0.6 is 7.82 Å². The molecule has 9 heteroatoms. The Bertz CT molecular complexity index is 682. The van der Waals surface area contributed by atoms with Gasteiger partial charge in [0.2, 0.25) is 0 Å². The van der Waals surface area contributed by atoms with E-state index < -0.39 is 44.1 Å². The SMILES string of the molecule is C/C=C/C=C\C=C/[C@H](O)[C@H](C)[C@H](CC[C@H](C)[C@@H]1OC(=O)C=C[C@@H]1N)OP(=O)(O)O. The van der Waals surface area contributed by atoms with E-state index in [1.807, 2.05) is 26.0 Å². The molecular weight excluding hydrogens is 397 g/mol. The first-order chi connectivity index (χ1) is 13.5. The van der Waals surface area contributed by atoms with Crippen LogP contribution in [0.4, 0.5) is 0 Å². The summed E-state index contributed by atoms with van der Waals surface area (Å²) >= 11 is 0. The van der Waals surface area contributed by atoms with Crippen molar-refractivity contribution in [2.24, 2.45) is 17.6 Å². The first-order valence-electron chi connectivity index (χ1n) is 9.57. The summed E-state index contributed by atoms with van der Waals surface area (Å²) in [5.41, 5.74) is 5.97. The second kappa shape index (κ2) is 12.2. The van der Waals surface area contributed by atoms with Crippen molar-refractivity contribution in [1.29, 1.82) is 0 Å². The zero-order valence-corrected chi connectivity index (χ0v) is 17.9. The quantitative estimate of drug-likeness (QED) is 0.223. The molecule has 0 saturated heterocycles. The van der Waals surface area contributed by atoms with E-state index in [-0.39, 0.29) is 12.3 Å². The summed E-state index contributed by atoms with van der Waals surface area (Å²) in [5, 5.41) is 10.4. The molecule has 0 radical (unpaired) electrons. The predicted molar refractivity (Wildman–Crippen MR) is 111 cm³/mol. The lowest BCUT2D eigenvalue weighted by atomic mass is 9.87. The molecule has 1 aliphatic rings. The Labute approximate surface area is 172 Å². The van der Waals surface area contributed by atoms with Crippen LogP contribution in [0.3, 0.4) is 0 Å². The molecule has 29 heavy (non-hydrogen) atoms. The number of allylic oxidation sites excluding steroid dienone is 5. The minimum absolute atomic E-state index is 0.162. The fourth-order valence-corrected chi connectivity index (χ4v) is 3.69. The van der Waals surface area contributed by atoms with Crippen LogP contribution < -0.4 is 5.73 Å². The van der Waals surface area contributed by atoms with Crippen LogP contribution in [0.1, 0.15) is 33.6 Å². The average Bonchev–Trinajstić information content (AvgIpc) is 2.64. The van der Waals surface area contributed by atoms with Crippen molar-refractivity contribution in [2.75, 3.05) is 0 Å². The third kappa shape index (κ3) is 9.67. The number of rotatable bonds is 11. The molecule has 0 aromatic heterocycles. The van der Waals surface area contributed by atoms with Gasteiger partial charge in [-0.25, -0.2) is 9.36 Å². The molecule has 0 spiro atoms. The van der Waals surface area contributed by atoms with Crippen molar-refractivity contribution >= 4 is 13.8 Å². The van der Waals surface area contributed by atoms with Crippen molar-refractivity contribution in [1.82, 2.24) is 0 Å². The molecule has 1 rings (SSSR count). The van der Waals surface area contributed by atoms with Crippen molar-refractivity contribution in [2.45, 2.75) is 58.0 Å². The maximum atomic E-state index is 11.5. The Morgan fingerprint density at radius 1 is 1.24 bits per heavy atom. The van der Waals surface area contributed by atoms with Crippen LogP contribution in [0.15, 0.2) is 48.6 Å². The van der Waals surface area contributed by atoms with Crippen LogP contribution in [0.2, 0.25) is 0 Å². The molecule has 0 amide bonds. The number of nitrogens with two attached hydrogens (primary N) is 1. The average molecular weight is 429 g/mol. The molecule has 8 nitrogen and oxygen atoms in total. The van der Waals surface area contributed by atoms with Gasteiger partial charge >= 0.3 is 13.8 Å². The molecule has 1 heterocycles. The van der Waals surface area contributed by atoms with Crippen molar-refractivity contribution in [3.05, 3.63) is 48.6 Å². The number of cyclic esters (lactones) is 1. The topological polar surface area (TPSA) is 139 Å². The Morgan fingerprint density at radius 2 is 1.90 bits per heavy atom. The van der Waals surface area contributed by atoms with Gasteiger partial charge in [-0.1, -0.05) is 56.4 Å². The van der Waals surface area contributed by atoms with E-state index in [1.165, 1.54) is 12.2 Å². The fourth-order valence-electron chi connectivity index (χ4n) is 3.04. The molecule has 0 fully saturated rings. The number of aliphatic hydroxyl groups excluding tert-OH is 1. The molecule has 0 aliphatic carbocycles.